The first kappa shape index (κ1) is 28.7. The van der Waals surface area contributed by atoms with Gasteiger partial charge in [0.25, 0.3) is 5.91 Å². The number of ether oxygens (including phenoxy) is 1. The zero-order valence-electron chi connectivity index (χ0n) is 21.8. The topological polar surface area (TPSA) is 115 Å². The number of amides is 3. The third-order valence-electron chi connectivity index (χ3n) is 6.22. The Bertz CT molecular complexity index is 1240. The predicted octanol–water partition coefficient (Wildman–Crippen LogP) is 3.82. The number of nitrogens with two attached hydrogens (primary N) is 1. The van der Waals surface area contributed by atoms with Crippen LogP contribution in [0.4, 0.5) is 19.4 Å². The molecule has 4 rings (SSSR count). The number of carbonyl (C=O) groups is 2. The second-order valence-corrected chi connectivity index (χ2v) is 8.87. The molecule has 3 amide bonds. The van der Waals surface area contributed by atoms with Crippen molar-refractivity contribution in [2.24, 2.45) is 5.73 Å². The number of rotatable bonds is 8. The largest absolute Gasteiger partial charge is 0.383 e. The molecule has 3 aromatic rings. The van der Waals surface area contributed by atoms with Crippen LogP contribution in [0.15, 0.2) is 48.5 Å². The van der Waals surface area contributed by atoms with Crippen molar-refractivity contribution in [3.63, 3.8) is 0 Å². The number of hydrogen-bond acceptors (Lipinski definition) is 5. The number of hydrogen-bond donors (Lipinski definition) is 3. The minimum atomic E-state index is -0.775. The molecular formula is C27H34F2N6O3. The van der Waals surface area contributed by atoms with Crippen molar-refractivity contribution in [3.05, 3.63) is 77.0 Å². The standard InChI is InChI=1S/C14H17N5O2.C13H17F2NO/c1-3-16-13(20)11-9(2)12(17-14(15)21)19(18-11)10-7-5-4-6-8-10;1-17-7-6-16-5-4-11(9-16)10-2-3-12(14)13(15)8-10/h4-8H,3H2,1-2H3,(H,16,20)(H3,15,17,21);2-3,8,11H,4-7,9H2,1H3. The Balaban J connectivity index is 0.000000215. The molecule has 4 N–H and O–H groups in total. The molecular weight excluding hydrogens is 494 g/mol. The molecule has 1 atom stereocenters. The second-order valence-electron chi connectivity index (χ2n) is 8.87. The number of aromatic nitrogens is 2. The van der Waals surface area contributed by atoms with E-state index in [0.717, 1.165) is 37.3 Å². The van der Waals surface area contributed by atoms with Crippen LogP contribution in [0.25, 0.3) is 5.69 Å². The number of halogens is 2. The first-order valence-corrected chi connectivity index (χ1v) is 12.4. The second kappa shape index (κ2) is 13.6. The summed E-state index contributed by atoms with van der Waals surface area (Å²) in [7, 11) is 1.68. The van der Waals surface area contributed by atoms with Gasteiger partial charge in [0.15, 0.2) is 17.3 Å². The number of anilines is 1. The molecule has 1 saturated heterocycles. The van der Waals surface area contributed by atoms with E-state index in [-0.39, 0.29) is 11.6 Å². The third kappa shape index (κ3) is 7.36. The molecule has 0 saturated carbocycles. The van der Waals surface area contributed by atoms with Gasteiger partial charge in [-0.2, -0.15) is 5.10 Å². The number of carbonyl (C=O) groups excluding carboxylic acids is 2. The van der Waals surface area contributed by atoms with Gasteiger partial charge in [-0.25, -0.2) is 18.3 Å². The average molecular weight is 529 g/mol. The Kier molecular flexibility index (Phi) is 10.3. The monoisotopic (exact) mass is 528 g/mol. The van der Waals surface area contributed by atoms with Crippen LogP contribution in [0.5, 0.6) is 0 Å². The van der Waals surface area contributed by atoms with E-state index in [1.54, 1.807) is 20.1 Å². The van der Waals surface area contributed by atoms with Gasteiger partial charge < -0.3 is 20.7 Å². The fourth-order valence-corrected chi connectivity index (χ4v) is 4.27. The summed E-state index contributed by atoms with van der Waals surface area (Å²) in [5, 5.41) is 9.49. The Labute approximate surface area is 220 Å². The fraction of sp³-hybridized carbons (Fsp3) is 0.370. The third-order valence-corrected chi connectivity index (χ3v) is 6.22. The first-order valence-electron chi connectivity index (χ1n) is 12.4. The summed E-state index contributed by atoms with van der Waals surface area (Å²) < 4.78 is 32.5. The highest BCUT2D eigenvalue weighted by molar-refractivity contribution is 5.97. The van der Waals surface area contributed by atoms with Crippen molar-refractivity contribution in [1.29, 1.82) is 0 Å². The Morgan fingerprint density at radius 2 is 1.89 bits per heavy atom. The lowest BCUT2D eigenvalue weighted by atomic mass is 9.98. The van der Waals surface area contributed by atoms with E-state index in [4.69, 9.17) is 10.5 Å². The summed E-state index contributed by atoms with van der Waals surface area (Å²) in [5.74, 6) is -1.13. The van der Waals surface area contributed by atoms with Crippen molar-refractivity contribution < 1.29 is 23.1 Å². The fourth-order valence-electron chi connectivity index (χ4n) is 4.27. The van der Waals surface area contributed by atoms with Crippen LogP contribution in [0.2, 0.25) is 0 Å². The molecule has 0 aliphatic carbocycles. The molecule has 0 bridgehead atoms. The predicted molar refractivity (Wildman–Crippen MR) is 142 cm³/mol. The molecule has 1 fully saturated rings. The molecule has 2 heterocycles. The molecule has 2 aromatic carbocycles. The summed E-state index contributed by atoms with van der Waals surface area (Å²) in [6, 6.07) is 12.7. The van der Waals surface area contributed by atoms with Crippen LogP contribution in [0, 0.1) is 18.6 Å². The van der Waals surface area contributed by atoms with E-state index in [2.05, 4.69) is 20.6 Å². The highest BCUT2D eigenvalue weighted by atomic mass is 19.2. The maximum Gasteiger partial charge on any atom is 0.317 e. The molecule has 0 spiro atoms. The molecule has 1 aliphatic heterocycles. The Hall–Kier alpha value is -3.83. The summed E-state index contributed by atoms with van der Waals surface area (Å²) in [5.41, 5.74) is 7.62. The summed E-state index contributed by atoms with van der Waals surface area (Å²) in [6.45, 7) is 7.53. The van der Waals surface area contributed by atoms with Gasteiger partial charge in [0.2, 0.25) is 0 Å². The number of urea groups is 1. The molecule has 1 aliphatic rings. The molecule has 0 radical (unpaired) electrons. The summed E-state index contributed by atoms with van der Waals surface area (Å²) >= 11 is 0. The minimum Gasteiger partial charge on any atom is -0.383 e. The summed E-state index contributed by atoms with van der Waals surface area (Å²) in [6.07, 6.45) is 0.995. The van der Waals surface area contributed by atoms with Crippen LogP contribution < -0.4 is 16.4 Å². The highest BCUT2D eigenvalue weighted by Crippen LogP contribution is 2.28. The number of likely N-dealkylation sites (tertiary alicyclic amines) is 1. The summed E-state index contributed by atoms with van der Waals surface area (Å²) in [4.78, 5) is 25.5. The minimum absolute atomic E-state index is 0.254. The van der Waals surface area contributed by atoms with Gasteiger partial charge in [0.05, 0.1) is 12.3 Å². The number of primary amides is 1. The number of methoxy groups -OCH3 is 1. The highest BCUT2D eigenvalue weighted by Gasteiger charge is 2.24. The van der Waals surface area contributed by atoms with Crippen molar-refractivity contribution in [2.75, 3.05) is 45.2 Å². The number of para-hydroxylation sites is 1. The van der Waals surface area contributed by atoms with E-state index in [0.29, 0.717) is 30.5 Å². The van der Waals surface area contributed by atoms with Crippen LogP contribution in [-0.4, -0.2) is 66.5 Å². The van der Waals surface area contributed by atoms with Crippen molar-refractivity contribution in [2.45, 2.75) is 26.2 Å². The van der Waals surface area contributed by atoms with Crippen LogP contribution in [0.1, 0.15) is 40.9 Å². The lowest BCUT2D eigenvalue weighted by Crippen LogP contribution is -2.24. The van der Waals surface area contributed by atoms with Gasteiger partial charge in [-0.15, -0.1) is 0 Å². The molecule has 9 nitrogen and oxygen atoms in total. The quantitative estimate of drug-likeness (QED) is 0.411. The van der Waals surface area contributed by atoms with E-state index >= 15 is 0 Å². The van der Waals surface area contributed by atoms with E-state index in [1.165, 1.54) is 16.8 Å². The van der Waals surface area contributed by atoms with Crippen molar-refractivity contribution >= 4 is 17.8 Å². The van der Waals surface area contributed by atoms with Crippen LogP contribution >= 0.6 is 0 Å². The molecule has 204 valence electrons. The zero-order valence-corrected chi connectivity index (χ0v) is 21.8. The SMILES string of the molecule is CCNC(=O)c1nn(-c2ccccc2)c(NC(N)=O)c1C.COCCN1CCC(c2ccc(F)c(F)c2)C1. The molecule has 1 unspecified atom stereocenters. The number of nitrogens with zero attached hydrogens (tertiary/aromatic N) is 3. The van der Waals surface area contributed by atoms with Gasteiger partial charge in [0.1, 0.15) is 5.82 Å². The van der Waals surface area contributed by atoms with Gasteiger partial charge in [-0.1, -0.05) is 24.3 Å². The Morgan fingerprint density at radius 1 is 1.16 bits per heavy atom. The van der Waals surface area contributed by atoms with Gasteiger partial charge in [-0.3, -0.25) is 10.1 Å². The zero-order chi connectivity index (χ0) is 27.7. The van der Waals surface area contributed by atoms with Crippen LogP contribution in [0.3, 0.4) is 0 Å². The lowest BCUT2D eigenvalue weighted by Gasteiger charge is -2.15. The van der Waals surface area contributed by atoms with Crippen molar-refractivity contribution in [1.82, 2.24) is 20.0 Å². The maximum absolute atomic E-state index is 13.1. The lowest BCUT2D eigenvalue weighted by molar-refractivity contribution is 0.0949. The molecule has 38 heavy (non-hydrogen) atoms. The average Bonchev–Trinajstić information content (AvgIpc) is 3.50. The van der Waals surface area contributed by atoms with Gasteiger partial charge in [0, 0.05) is 32.3 Å². The van der Waals surface area contributed by atoms with Crippen molar-refractivity contribution in [3.8, 4) is 5.69 Å². The first-order chi connectivity index (χ1) is 18.2. The molecule has 1 aromatic heterocycles. The van der Waals surface area contributed by atoms with Gasteiger partial charge >= 0.3 is 6.03 Å². The maximum atomic E-state index is 13.1. The Morgan fingerprint density at radius 3 is 2.53 bits per heavy atom. The normalized spacial score (nSPS) is 15.0. The van der Waals surface area contributed by atoms with Crippen LogP contribution in [-0.2, 0) is 4.74 Å². The number of benzene rings is 2. The smallest absolute Gasteiger partial charge is 0.317 e. The number of nitrogens with one attached hydrogen (secondary N) is 2. The van der Waals surface area contributed by atoms with E-state index < -0.39 is 17.7 Å². The molecule has 11 heteroatoms. The van der Waals surface area contributed by atoms with E-state index in [1.807, 2.05) is 37.3 Å². The van der Waals surface area contributed by atoms with E-state index in [9.17, 15) is 18.4 Å². The van der Waals surface area contributed by atoms with Gasteiger partial charge in [-0.05, 0) is 62.6 Å².